The predicted molar refractivity (Wildman–Crippen MR) is 40.6 cm³/mol. The number of rotatable bonds is 2. The van der Waals surface area contributed by atoms with Gasteiger partial charge >= 0.3 is 0 Å². The summed E-state index contributed by atoms with van der Waals surface area (Å²) in [6, 6.07) is 0. The molecule has 0 amide bonds. The molecule has 0 aromatic carbocycles. The lowest BCUT2D eigenvalue weighted by Crippen LogP contribution is -2.31. The molecule has 1 aliphatic heterocycles. The van der Waals surface area contributed by atoms with Crippen molar-refractivity contribution >= 4 is 11.3 Å². The van der Waals surface area contributed by atoms with Crippen molar-refractivity contribution in [3.63, 3.8) is 0 Å². The van der Waals surface area contributed by atoms with Crippen molar-refractivity contribution in [3.8, 4) is 0 Å². The number of hydrogen-bond donors (Lipinski definition) is 0. The monoisotopic (exact) mass is 163 g/mol. The van der Waals surface area contributed by atoms with Gasteiger partial charge in [0.1, 0.15) is 0 Å². The molecule has 0 aromatic heterocycles. The summed E-state index contributed by atoms with van der Waals surface area (Å²) in [5, 5.41) is 0. The van der Waals surface area contributed by atoms with Crippen molar-refractivity contribution in [1.82, 2.24) is 4.31 Å². The summed E-state index contributed by atoms with van der Waals surface area (Å²) in [6.07, 6.45) is 3.56. The van der Waals surface area contributed by atoms with E-state index in [9.17, 15) is 4.21 Å². The number of piperidine rings is 1. The van der Waals surface area contributed by atoms with E-state index in [1.54, 1.807) is 0 Å². The second kappa shape index (κ2) is 4.05. The third-order valence-electron chi connectivity index (χ3n) is 1.67. The normalized spacial score (nSPS) is 24.5. The van der Waals surface area contributed by atoms with Gasteiger partial charge in [0, 0.05) is 13.1 Å². The minimum atomic E-state index is -1.18. The van der Waals surface area contributed by atoms with Crippen LogP contribution in [0.4, 0.5) is 0 Å². The summed E-state index contributed by atoms with van der Waals surface area (Å²) < 4.78 is 17.5. The fourth-order valence-corrected chi connectivity index (χ4v) is 1.89. The highest BCUT2D eigenvalue weighted by Crippen LogP contribution is 2.10. The van der Waals surface area contributed by atoms with Crippen molar-refractivity contribution in [3.05, 3.63) is 0 Å². The maximum absolute atomic E-state index is 11.0. The van der Waals surface area contributed by atoms with Gasteiger partial charge in [-0.05, 0) is 12.8 Å². The molecule has 0 spiro atoms. The maximum atomic E-state index is 11.0. The van der Waals surface area contributed by atoms with Crippen LogP contribution in [0.3, 0.4) is 0 Å². The molecule has 0 N–H and O–H groups in total. The van der Waals surface area contributed by atoms with E-state index in [0.29, 0.717) is 0 Å². The van der Waals surface area contributed by atoms with Crippen LogP contribution in [-0.2, 0) is 15.4 Å². The molecule has 1 rings (SSSR count). The highest BCUT2D eigenvalue weighted by molar-refractivity contribution is 7.77. The Morgan fingerprint density at radius 2 is 1.90 bits per heavy atom. The van der Waals surface area contributed by atoms with Gasteiger partial charge in [-0.3, -0.25) is 4.18 Å². The molecule has 1 heterocycles. The van der Waals surface area contributed by atoms with Crippen LogP contribution in [0.25, 0.3) is 0 Å². The predicted octanol–water partition coefficient (Wildman–Crippen LogP) is 0.697. The molecule has 4 heteroatoms. The topological polar surface area (TPSA) is 29.5 Å². The lowest BCUT2D eigenvalue weighted by Gasteiger charge is -2.22. The third kappa shape index (κ3) is 2.04. The summed E-state index contributed by atoms with van der Waals surface area (Å²) in [7, 11) is 1.48. The molecule has 0 bridgehead atoms. The second-order valence-corrected chi connectivity index (χ2v) is 3.66. The molecule has 1 atom stereocenters. The van der Waals surface area contributed by atoms with E-state index in [1.807, 2.05) is 4.31 Å². The van der Waals surface area contributed by atoms with Crippen molar-refractivity contribution in [2.75, 3.05) is 20.2 Å². The highest BCUT2D eigenvalue weighted by Gasteiger charge is 2.15. The first-order valence-electron chi connectivity index (χ1n) is 3.56. The first kappa shape index (κ1) is 8.17. The fourth-order valence-electron chi connectivity index (χ4n) is 1.12. The van der Waals surface area contributed by atoms with E-state index in [-0.39, 0.29) is 0 Å². The lowest BCUT2D eigenvalue weighted by atomic mass is 10.2. The van der Waals surface area contributed by atoms with Gasteiger partial charge in [0.2, 0.25) is 11.3 Å². The van der Waals surface area contributed by atoms with E-state index in [0.717, 1.165) is 25.9 Å². The Hall–Kier alpha value is 0.0700. The van der Waals surface area contributed by atoms with Crippen molar-refractivity contribution in [1.29, 1.82) is 0 Å². The lowest BCUT2D eigenvalue weighted by molar-refractivity contribution is 0.316. The average molecular weight is 163 g/mol. The first-order chi connectivity index (χ1) is 4.84. The Balaban J connectivity index is 2.31. The summed E-state index contributed by atoms with van der Waals surface area (Å²) in [5.41, 5.74) is 0. The Kier molecular flexibility index (Phi) is 3.31. The van der Waals surface area contributed by atoms with Gasteiger partial charge in [0.25, 0.3) is 0 Å². The Labute approximate surface area is 64.2 Å². The van der Waals surface area contributed by atoms with Crippen LogP contribution in [0, 0.1) is 0 Å². The zero-order chi connectivity index (χ0) is 7.40. The molecule has 3 nitrogen and oxygen atoms in total. The van der Waals surface area contributed by atoms with Crippen LogP contribution >= 0.6 is 0 Å². The molecular formula is C6H13NO2S. The summed E-state index contributed by atoms with van der Waals surface area (Å²) in [4.78, 5) is 0. The van der Waals surface area contributed by atoms with Crippen molar-refractivity contribution in [2.45, 2.75) is 19.3 Å². The largest absolute Gasteiger partial charge is 0.281 e. The van der Waals surface area contributed by atoms with E-state index >= 15 is 0 Å². The number of hydrogen-bond acceptors (Lipinski definition) is 2. The average Bonchev–Trinajstić information content (AvgIpc) is 2.05. The van der Waals surface area contributed by atoms with Crippen LogP contribution in [0.2, 0.25) is 0 Å². The standard InChI is InChI=1S/C6H13NO2S/c1-9-10(8)7-5-3-2-4-6-7/h2-6H2,1H3. The molecule has 0 saturated carbocycles. The molecule has 1 fully saturated rings. The minimum Gasteiger partial charge on any atom is -0.281 e. The van der Waals surface area contributed by atoms with Gasteiger partial charge in [0.05, 0.1) is 7.11 Å². The SMILES string of the molecule is COS(=O)N1CCCCC1. The van der Waals surface area contributed by atoms with Crippen molar-refractivity contribution in [2.24, 2.45) is 0 Å². The van der Waals surface area contributed by atoms with E-state index in [2.05, 4.69) is 4.18 Å². The Bertz CT molecular complexity index is 123. The highest BCUT2D eigenvalue weighted by atomic mass is 32.2. The zero-order valence-corrected chi connectivity index (χ0v) is 7.02. The quantitative estimate of drug-likeness (QED) is 0.599. The van der Waals surface area contributed by atoms with Crippen LogP contribution in [0.1, 0.15) is 19.3 Å². The molecule has 1 aliphatic rings. The number of nitrogens with zero attached hydrogens (tertiary/aromatic N) is 1. The first-order valence-corrected chi connectivity index (χ1v) is 4.59. The van der Waals surface area contributed by atoms with Crippen LogP contribution in [0.5, 0.6) is 0 Å². The van der Waals surface area contributed by atoms with Crippen LogP contribution in [0.15, 0.2) is 0 Å². The van der Waals surface area contributed by atoms with Gasteiger partial charge in [-0.25, -0.2) is 8.51 Å². The minimum absolute atomic E-state index is 0.917. The Morgan fingerprint density at radius 1 is 1.30 bits per heavy atom. The van der Waals surface area contributed by atoms with Crippen molar-refractivity contribution < 1.29 is 8.39 Å². The molecule has 0 radical (unpaired) electrons. The molecule has 60 valence electrons. The van der Waals surface area contributed by atoms with Crippen LogP contribution < -0.4 is 0 Å². The molecule has 1 unspecified atom stereocenters. The molecule has 0 aliphatic carbocycles. The summed E-state index contributed by atoms with van der Waals surface area (Å²) in [6.45, 7) is 1.83. The van der Waals surface area contributed by atoms with Gasteiger partial charge in [0.15, 0.2) is 0 Å². The van der Waals surface area contributed by atoms with Gasteiger partial charge in [-0.2, -0.15) is 0 Å². The van der Waals surface area contributed by atoms with Gasteiger partial charge in [-0.15, -0.1) is 0 Å². The molecular weight excluding hydrogens is 150 g/mol. The Morgan fingerprint density at radius 3 is 2.40 bits per heavy atom. The van der Waals surface area contributed by atoms with Gasteiger partial charge < -0.3 is 0 Å². The fraction of sp³-hybridized carbons (Fsp3) is 1.00. The summed E-state index contributed by atoms with van der Waals surface area (Å²) in [5.74, 6) is 0. The van der Waals surface area contributed by atoms with Gasteiger partial charge in [-0.1, -0.05) is 6.42 Å². The van der Waals surface area contributed by atoms with E-state index in [1.165, 1.54) is 13.5 Å². The molecule has 0 aromatic rings. The third-order valence-corrected chi connectivity index (χ3v) is 2.74. The molecule has 10 heavy (non-hydrogen) atoms. The second-order valence-electron chi connectivity index (χ2n) is 2.37. The van der Waals surface area contributed by atoms with E-state index in [4.69, 9.17) is 0 Å². The molecule has 1 saturated heterocycles. The zero-order valence-electron chi connectivity index (χ0n) is 6.21. The summed E-state index contributed by atoms with van der Waals surface area (Å²) >= 11 is -1.18. The maximum Gasteiger partial charge on any atom is 0.236 e. The van der Waals surface area contributed by atoms with E-state index < -0.39 is 11.3 Å². The van der Waals surface area contributed by atoms with Crippen LogP contribution in [-0.4, -0.2) is 28.7 Å². The smallest absolute Gasteiger partial charge is 0.236 e.